The average Bonchev–Trinajstić information content (AvgIpc) is 2.73. The molecule has 3 heterocycles. The van der Waals surface area contributed by atoms with Gasteiger partial charge >= 0.3 is 0 Å². The standard InChI is InChI=1S/C11H18N4O/c12-8-4-5-10-13-14-11(15(10)7-8)9-3-1-2-6-16-9/h8-9H,1-7,12H2. The van der Waals surface area contributed by atoms with E-state index in [2.05, 4.69) is 14.8 Å². The lowest BCUT2D eigenvalue weighted by Gasteiger charge is -2.26. The van der Waals surface area contributed by atoms with E-state index < -0.39 is 0 Å². The molecule has 2 unspecified atom stereocenters. The molecule has 1 aromatic heterocycles. The molecule has 1 aromatic rings. The van der Waals surface area contributed by atoms with Crippen LogP contribution in [0.15, 0.2) is 0 Å². The van der Waals surface area contributed by atoms with Crippen LogP contribution in [0.3, 0.4) is 0 Å². The van der Waals surface area contributed by atoms with Crippen LogP contribution in [0.5, 0.6) is 0 Å². The topological polar surface area (TPSA) is 66.0 Å². The van der Waals surface area contributed by atoms with E-state index in [9.17, 15) is 0 Å². The van der Waals surface area contributed by atoms with Crippen molar-refractivity contribution in [3.63, 3.8) is 0 Å². The molecule has 0 aliphatic carbocycles. The van der Waals surface area contributed by atoms with Gasteiger partial charge in [-0.3, -0.25) is 0 Å². The van der Waals surface area contributed by atoms with Gasteiger partial charge in [-0.2, -0.15) is 0 Å². The summed E-state index contributed by atoms with van der Waals surface area (Å²) in [6, 6.07) is 0.242. The van der Waals surface area contributed by atoms with Crippen LogP contribution >= 0.6 is 0 Å². The van der Waals surface area contributed by atoms with Crippen molar-refractivity contribution in [1.82, 2.24) is 14.8 Å². The SMILES string of the molecule is NC1CCc2nnc(C3CCCCO3)n2C1. The summed E-state index contributed by atoms with van der Waals surface area (Å²) >= 11 is 0. The first kappa shape index (κ1) is 10.2. The van der Waals surface area contributed by atoms with Crippen LogP contribution in [0.4, 0.5) is 0 Å². The Morgan fingerprint density at radius 2 is 2.19 bits per heavy atom. The van der Waals surface area contributed by atoms with Crippen LogP contribution in [0.1, 0.15) is 43.4 Å². The van der Waals surface area contributed by atoms with Gasteiger partial charge in [0.15, 0.2) is 5.82 Å². The lowest BCUT2D eigenvalue weighted by Crippen LogP contribution is -2.33. The molecule has 0 amide bonds. The van der Waals surface area contributed by atoms with Crippen LogP contribution in [0.25, 0.3) is 0 Å². The van der Waals surface area contributed by atoms with Gasteiger partial charge in [-0.1, -0.05) is 0 Å². The van der Waals surface area contributed by atoms with Gasteiger partial charge in [-0.05, 0) is 25.7 Å². The molecule has 5 heteroatoms. The molecule has 2 atom stereocenters. The Morgan fingerprint density at radius 3 is 3.00 bits per heavy atom. The molecule has 0 bridgehead atoms. The van der Waals surface area contributed by atoms with Crippen molar-refractivity contribution in [3.05, 3.63) is 11.6 Å². The molecule has 0 radical (unpaired) electrons. The highest BCUT2D eigenvalue weighted by Crippen LogP contribution is 2.28. The van der Waals surface area contributed by atoms with Crippen molar-refractivity contribution in [2.24, 2.45) is 5.73 Å². The normalized spacial score (nSPS) is 30.1. The zero-order valence-electron chi connectivity index (χ0n) is 9.43. The molecule has 0 spiro atoms. The number of nitrogens with zero attached hydrogens (tertiary/aromatic N) is 3. The summed E-state index contributed by atoms with van der Waals surface area (Å²) in [5.74, 6) is 2.07. The second-order valence-electron chi connectivity index (χ2n) is 4.74. The number of nitrogens with two attached hydrogens (primary N) is 1. The van der Waals surface area contributed by atoms with Crippen molar-refractivity contribution < 1.29 is 4.74 Å². The summed E-state index contributed by atoms with van der Waals surface area (Å²) in [5.41, 5.74) is 5.99. The quantitative estimate of drug-likeness (QED) is 0.763. The maximum atomic E-state index is 5.99. The molecule has 5 nitrogen and oxygen atoms in total. The van der Waals surface area contributed by atoms with Gasteiger partial charge in [0, 0.05) is 25.6 Å². The summed E-state index contributed by atoms with van der Waals surface area (Å²) in [5, 5.41) is 8.53. The van der Waals surface area contributed by atoms with E-state index in [-0.39, 0.29) is 12.1 Å². The van der Waals surface area contributed by atoms with Gasteiger partial charge in [0.2, 0.25) is 0 Å². The number of aromatic nitrogens is 3. The van der Waals surface area contributed by atoms with E-state index in [1.165, 1.54) is 6.42 Å². The van der Waals surface area contributed by atoms with Crippen molar-refractivity contribution in [2.75, 3.05) is 6.61 Å². The lowest BCUT2D eigenvalue weighted by atomic mass is 10.1. The van der Waals surface area contributed by atoms with E-state index in [4.69, 9.17) is 10.5 Å². The van der Waals surface area contributed by atoms with E-state index >= 15 is 0 Å². The second kappa shape index (κ2) is 4.14. The smallest absolute Gasteiger partial charge is 0.162 e. The van der Waals surface area contributed by atoms with Gasteiger partial charge in [0.05, 0.1) is 0 Å². The highest BCUT2D eigenvalue weighted by Gasteiger charge is 2.26. The zero-order valence-corrected chi connectivity index (χ0v) is 9.43. The van der Waals surface area contributed by atoms with Crippen LogP contribution < -0.4 is 5.73 Å². The first-order valence-electron chi connectivity index (χ1n) is 6.14. The Hall–Kier alpha value is -0.940. The lowest BCUT2D eigenvalue weighted by molar-refractivity contribution is 0.00665. The monoisotopic (exact) mass is 222 g/mol. The number of rotatable bonds is 1. The third-order valence-corrected chi connectivity index (χ3v) is 3.48. The summed E-state index contributed by atoms with van der Waals surface area (Å²) in [6.45, 7) is 1.69. The first-order valence-corrected chi connectivity index (χ1v) is 6.14. The minimum absolute atomic E-state index is 0.139. The van der Waals surface area contributed by atoms with Crippen molar-refractivity contribution in [2.45, 2.75) is 50.8 Å². The van der Waals surface area contributed by atoms with E-state index in [1.807, 2.05) is 0 Å². The molecular formula is C11H18N4O. The number of hydrogen-bond acceptors (Lipinski definition) is 4. The van der Waals surface area contributed by atoms with Crippen molar-refractivity contribution >= 4 is 0 Å². The average molecular weight is 222 g/mol. The van der Waals surface area contributed by atoms with Crippen molar-refractivity contribution in [1.29, 1.82) is 0 Å². The molecule has 0 saturated carbocycles. The predicted molar refractivity (Wildman–Crippen MR) is 58.9 cm³/mol. The van der Waals surface area contributed by atoms with Gasteiger partial charge in [-0.25, -0.2) is 0 Å². The highest BCUT2D eigenvalue weighted by molar-refractivity contribution is 5.04. The Morgan fingerprint density at radius 1 is 1.25 bits per heavy atom. The number of fused-ring (bicyclic) bond motifs is 1. The minimum Gasteiger partial charge on any atom is -0.370 e. The minimum atomic E-state index is 0.139. The maximum Gasteiger partial charge on any atom is 0.162 e. The molecule has 0 aromatic carbocycles. The molecule has 16 heavy (non-hydrogen) atoms. The molecule has 88 valence electrons. The molecule has 1 saturated heterocycles. The Kier molecular flexibility index (Phi) is 2.65. The molecule has 2 aliphatic heterocycles. The van der Waals surface area contributed by atoms with Crippen molar-refractivity contribution in [3.8, 4) is 0 Å². The Bertz CT molecular complexity index is 370. The first-order chi connectivity index (χ1) is 7.84. The molecular weight excluding hydrogens is 204 g/mol. The third kappa shape index (κ3) is 1.74. The second-order valence-corrected chi connectivity index (χ2v) is 4.74. The fraction of sp³-hybridized carbons (Fsp3) is 0.818. The van der Waals surface area contributed by atoms with Crippen LogP contribution in [-0.2, 0) is 17.7 Å². The fourth-order valence-electron chi connectivity index (χ4n) is 2.56. The highest BCUT2D eigenvalue weighted by atomic mass is 16.5. The van der Waals surface area contributed by atoms with E-state index in [1.54, 1.807) is 0 Å². The van der Waals surface area contributed by atoms with Gasteiger partial charge < -0.3 is 15.0 Å². The number of aryl methyl sites for hydroxylation is 1. The predicted octanol–water partition coefficient (Wildman–Crippen LogP) is 0.793. The summed E-state index contributed by atoms with van der Waals surface area (Å²) in [7, 11) is 0. The molecule has 1 fully saturated rings. The molecule has 3 rings (SSSR count). The van der Waals surface area contributed by atoms with Crippen LogP contribution in [0, 0.1) is 0 Å². The van der Waals surface area contributed by atoms with Crippen LogP contribution in [-0.4, -0.2) is 27.4 Å². The Labute approximate surface area is 95.0 Å². The Balaban J connectivity index is 1.86. The van der Waals surface area contributed by atoms with E-state index in [0.717, 1.165) is 50.5 Å². The summed E-state index contributed by atoms with van der Waals surface area (Å²) in [4.78, 5) is 0. The van der Waals surface area contributed by atoms with E-state index in [0.29, 0.717) is 0 Å². The zero-order chi connectivity index (χ0) is 11.0. The summed E-state index contributed by atoms with van der Waals surface area (Å²) in [6.07, 6.45) is 5.55. The maximum absolute atomic E-state index is 5.99. The summed E-state index contributed by atoms with van der Waals surface area (Å²) < 4.78 is 7.93. The number of hydrogen-bond donors (Lipinski definition) is 1. The fourth-order valence-corrected chi connectivity index (χ4v) is 2.56. The largest absolute Gasteiger partial charge is 0.370 e. The van der Waals surface area contributed by atoms with Crippen LogP contribution in [0.2, 0.25) is 0 Å². The molecule has 2 N–H and O–H groups in total. The van der Waals surface area contributed by atoms with Gasteiger partial charge in [0.1, 0.15) is 11.9 Å². The molecule has 2 aliphatic rings. The third-order valence-electron chi connectivity index (χ3n) is 3.48. The number of ether oxygens (including phenoxy) is 1. The van der Waals surface area contributed by atoms with Gasteiger partial charge in [0.25, 0.3) is 0 Å². The van der Waals surface area contributed by atoms with Gasteiger partial charge in [-0.15, -0.1) is 10.2 Å².